The van der Waals surface area contributed by atoms with Crippen molar-refractivity contribution < 1.29 is 13.6 Å². The summed E-state index contributed by atoms with van der Waals surface area (Å²) < 4.78 is 12.3. The number of benzene rings is 1. The van der Waals surface area contributed by atoms with Gasteiger partial charge in [0.25, 0.3) is 5.52 Å². The largest absolute Gasteiger partial charge is 0.448 e. The molecule has 4 aromatic rings. The van der Waals surface area contributed by atoms with Gasteiger partial charge in [0.1, 0.15) is 14.1 Å². The maximum atomic E-state index is 6.08. The van der Waals surface area contributed by atoms with Crippen LogP contribution in [-0.2, 0) is 21.1 Å². The van der Waals surface area contributed by atoms with Crippen LogP contribution in [0.25, 0.3) is 34.2 Å². The molecule has 0 amide bonds. The number of aromatic nitrogens is 4. The number of hydrogen-bond acceptors (Lipinski definition) is 2. The molecule has 0 atom stereocenters. The van der Waals surface area contributed by atoms with Crippen molar-refractivity contribution in [2.45, 2.75) is 0 Å². The van der Waals surface area contributed by atoms with Crippen molar-refractivity contribution in [2.75, 3.05) is 0 Å². The Labute approximate surface area is 134 Å². The SMILES string of the molecule is Cn1ccnc1-c1cccc(-c2oc3ccccc3[n+]2C)[n+]1C. The van der Waals surface area contributed by atoms with Gasteiger partial charge >= 0.3 is 11.6 Å². The average molecular weight is 306 g/mol. The molecule has 0 saturated heterocycles. The molecule has 3 heterocycles. The van der Waals surface area contributed by atoms with Crippen LogP contribution < -0.4 is 9.13 Å². The summed E-state index contributed by atoms with van der Waals surface area (Å²) in [5.41, 5.74) is 4.00. The highest BCUT2D eigenvalue weighted by atomic mass is 16.4. The zero-order valence-electron chi connectivity index (χ0n) is 13.4. The predicted molar refractivity (Wildman–Crippen MR) is 86.2 cm³/mol. The minimum atomic E-state index is 0.824. The van der Waals surface area contributed by atoms with Gasteiger partial charge in [0.05, 0.1) is 0 Å². The van der Waals surface area contributed by atoms with Crippen molar-refractivity contribution in [3.63, 3.8) is 0 Å². The van der Waals surface area contributed by atoms with Crippen LogP contribution in [0, 0.1) is 0 Å². The van der Waals surface area contributed by atoms with Gasteiger partial charge < -0.3 is 8.98 Å². The molecule has 0 spiro atoms. The summed E-state index contributed by atoms with van der Waals surface area (Å²) in [7, 11) is 6.05. The Balaban J connectivity index is 1.96. The monoisotopic (exact) mass is 306 g/mol. The second kappa shape index (κ2) is 5.05. The Kier molecular flexibility index (Phi) is 3.01. The van der Waals surface area contributed by atoms with Gasteiger partial charge in [-0.1, -0.05) is 12.1 Å². The molecule has 0 aliphatic carbocycles. The Morgan fingerprint density at radius 1 is 0.957 bits per heavy atom. The number of aryl methyl sites for hydroxylation is 2. The van der Waals surface area contributed by atoms with Gasteiger partial charge in [-0.05, 0) is 12.1 Å². The molecule has 4 rings (SSSR count). The van der Waals surface area contributed by atoms with E-state index in [1.807, 2.05) is 62.4 Å². The second-order valence-corrected chi connectivity index (χ2v) is 5.65. The molecular weight excluding hydrogens is 288 g/mol. The molecule has 0 bridgehead atoms. The van der Waals surface area contributed by atoms with Crippen LogP contribution in [0.15, 0.2) is 59.3 Å². The van der Waals surface area contributed by atoms with E-state index in [0.717, 1.165) is 34.2 Å². The molecule has 0 aliphatic rings. The Morgan fingerprint density at radius 3 is 2.48 bits per heavy atom. The summed E-state index contributed by atoms with van der Waals surface area (Å²) in [4.78, 5) is 4.45. The molecule has 0 N–H and O–H groups in total. The molecule has 5 heteroatoms. The first-order chi connectivity index (χ1) is 11.2. The van der Waals surface area contributed by atoms with Crippen LogP contribution in [0.3, 0.4) is 0 Å². The first-order valence-electron chi connectivity index (χ1n) is 7.51. The normalized spacial score (nSPS) is 11.3. The Morgan fingerprint density at radius 2 is 1.74 bits per heavy atom. The lowest BCUT2D eigenvalue weighted by atomic mass is 10.2. The molecule has 114 valence electrons. The van der Waals surface area contributed by atoms with Crippen LogP contribution in [0.5, 0.6) is 0 Å². The Hall–Kier alpha value is -2.95. The highest BCUT2D eigenvalue weighted by molar-refractivity contribution is 5.70. The lowest BCUT2D eigenvalue weighted by Crippen LogP contribution is -2.39. The quantitative estimate of drug-likeness (QED) is 0.532. The summed E-state index contributed by atoms with van der Waals surface area (Å²) in [6.45, 7) is 0. The van der Waals surface area contributed by atoms with Gasteiger partial charge in [0.15, 0.2) is 0 Å². The van der Waals surface area contributed by atoms with E-state index in [-0.39, 0.29) is 0 Å². The molecule has 0 saturated carbocycles. The third-order valence-corrected chi connectivity index (χ3v) is 4.24. The average Bonchev–Trinajstić information content (AvgIpc) is 3.12. The van der Waals surface area contributed by atoms with E-state index >= 15 is 0 Å². The number of fused-ring (bicyclic) bond motifs is 1. The molecule has 0 radical (unpaired) electrons. The Bertz CT molecular complexity index is 1010. The second-order valence-electron chi connectivity index (χ2n) is 5.65. The first-order valence-corrected chi connectivity index (χ1v) is 7.51. The van der Waals surface area contributed by atoms with Crippen molar-refractivity contribution >= 4 is 11.1 Å². The number of rotatable bonds is 2. The van der Waals surface area contributed by atoms with E-state index in [1.165, 1.54) is 0 Å². The third-order valence-electron chi connectivity index (χ3n) is 4.24. The van der Waals surface area contributed by atoms with Gasteiger partial charge in [-0.15, -0.1) is 0 Å². The molecule has 0 aliphatic heterocycles. The van der Waals surface area contributed by atoms with Crippen LogP contribution in [-0.4, -0.2) is 9.55 Å². The topological polar surface area (TPSA) is 38.7 Å². The zero-order valence-corrected chi connectivity index (χ0v) is 13.4. The van der Waals surface area contributed by atoms with Crippen molar-refractivity contribution in [1.82, 2.24) is 9.55 Å². The van der Waals surface area contributed by atoms with E-state index in [2.05, 4.69) is 32.3 Å². The summed E-state index contributed by atoms with van der Waals surface area (Å²) >= 11 is 0. The zero-order chi connectivity index (χ0) is 16.0. The molecule has 0 unspecified atom stereocenters. The van der Waals surface area contributed by atoms with E-state index < -0.39 is 0 Å². The fourth-order valence-electron chi connectivity index (χ4n) is 2.96. The number of nitrogens with zero attached hydrogens (tertiary/aromatic N) is 4. The maximum Gasteiger partial charge on any atom is 0.448 e. The third kappa shape index (κ3) is 2.04. The minimum Gasteiger partial charge on any atom is -0.393 e. The standard InChI is InChI=1S/C18H18N4O/c1-20-12-11-19-17(20)14-8-6-9-15(21(14)2)18-22(3)13-7-4-5-10-16(13)23-18/h4-12H,1-3H3/q+2. The molecule has 0 fully saturated rings. The van der Waals surface area contributed by atoms with E-state index in [9.17, 15) is 0 Å². The summed E-state index contributed by atoms with van der Waals surface area (Å²) in [6, 6.07) is 14.2. The van der Waals surface area contributed by atoms with Gasteiger partial charge in [-0.3, -0.25) is 0 Å². The highest BCUT2D eigenvalue weighted by Gasteiger charge is 2.30. The summed E-state index contributed by atoms with van der Waals surface area (Å²) in [6.07, 6.45) is 3.76. The van der Waals surface area contributed by atoms with Gasteiger partial charge in [0.2, 0.25) is 17.1 Å². The van der Waals surface area contributed by atoms with E-state index in [1.54, 1.807) is 0 Å². The van der Waals surface area contributed by atoms with Crippen LogP contribution >= 0.6 is 0 Å². The van der Waals surface area contributed by atoms with Crippen LogP contribution in [0.2, 0.25) is 0 Å². The predicted octanol–water partition coefficient (Wildman–Crippen LogP) is 2.15. The molecule has 5 nitrogen and oxygen atoms in total. The summed E-state index contributed by atoms with van der Waals surface area (Å²) in [5, 5.41) is 0. The molecule has 1 aromatic carbocycles. The number of para-hydroxylation sites is 2. The van der Waals surface area contributed by atoms with Gasteiger partial charge in [-0.25, -0.2) is 4.98 Å². The van der Waals surface area contributed by atoms with E-state index in [0.29, 0.717) is 0 Å². The lowest BCUT2D eigenvalue weighted by Gasteiger charge is -2.02. The number of pyridine rings is 1. The van der Waals surface area contributed by atoms with Crippen molar-refractivity contribution in [3.8, 4) is 23.1 Å². The fraction of sp³-hybridized carbons (Fsp3) is 0.167. The fourth-order valence-corrected chi connectivity index (χ4v) is 2.96. The molecular formula is C18H18N4O+2. The smallest absolute Gasteiger partial charge is 0.393 e. The number of oxazole rings is 1. The van der Waals surface area contributed by atoms with Crippen LogP contribution in [0.4, 0.5) is 0 Å². The van der Waals surface area contributed by atoms with Crippen molar-refractivity contribution in [3.05, 3.63) is 54.9 Å². The molecule has 3 aromatic heterocycles. The molecule has 23 heavy (non-hydrogen) atoms. The highest BCUT2D eigenvalue weighted by Crippen LogP contribution is 2.21. The van der Waals surface area contributed by atoms with Crippen molar-refractivity contribution in [1.29, 1.82) is 0 Å². The van der Waals surface area contributed by atoms with Crippen LogP contribution in [0.1, 0.15) is 0 Å². The van der Waals surface area contributed by atoms with Gasteiger partial charge in [-0.2, -0.15) is 9.13 Å². The summed E-state index contributed by atoms with van der Waals surface area (Å²) in [5.74, 6) is 1.75. The number of hydrogen-bond donors (Lipinski definition) is 0. The maximum absolute atomic E-state index is 6.08. The van der Waals surface area contributed by atoms with Gasteiger partial charge in [0, 0.05) is 37.6 Å². The number of imidazole rings is 1. The minimum absolute atomic E-state index is 0.824. The van der Waals surface area contributed by atoms with E-state index in [4.69, 9.17) is 4.42 Å². The van der Waals surface area contributed by atoms with Crippen molar-refractivity contribution in [2.24, 2.45) is 21.1 Å². The first kappa shape index (κ1) is 13.7. The lowest BCUT2D eigenvalue weighted by molar-refractivity contribution is -0.676.